The topological polar surface area (TPSA) is 64.3 Å². The van der Waals surface area contributed by atoms with E-state index in [-0.39, 0.29) is 16.4 Å². The highest BCUT2D eigenvalue weighted by atomic mass is 32.1. The lowest BCUT2D eigenvalue weighted by Crippen LogP contribution is -2.18. The molecule has 0 amide bonds. The SMILES string of the molecule is CC1(C)c2ccccc2-c2ccc(N(c3ccc(-c4ccc(-c5ccc(-c6ccc(C=C(C#N)C(=O)O)s6)cc5)s4)cc3)c3ccc4c(c3)C(C)(C)c3ccccc3-4)cc21. The van der Waals surface area contributed by atoms with Gasteiger partial charge in [0.1, 0.15) is 11.6 Å². The standard InChI is InChI=1S/C54H40N2O2S2/c1-53(2)45-11-7-5-9-41(45)43-24-21-38(30-47(43)53)56(39-22-25-44-42-10-6-8-12-46(42)54(3,4)48(44)31-39)37-19-17-35(18-20-37)51-28-27-50(60-51)34-15-13-33(14-16-34)49-26-23-40(59-49)29-36(32-55)52(57)58/h5-31H,1-4H3,(H,57,58). The van der Waals surface area contributed by atoms with Gasteiger partial charge in [0.2, 0.25) is 0 Å². The molecule has 0 aliphatic heterocycles. The Morgan fingerprint density at radius 3 is 1.43 bits per heavy atom. The molecule has 0 saturated heterocycles. The van der Waals surface area contributed by atoms with Gasteiger partial charge in [-0.05, 0) is 128 Å². The van der Waals surface area contributed by atoms with Gasteiger partial charge in [-0.2, -0.15) is 5.26 Å². The van der Waals surface area contributed by atoms with E-state index in [1.807, 2.05) is 12.1 Å². The quantitative estimate of drug-likeness (QED) is 0.123. The van der Waals surface area contributed by atoms with Gasteiger partial charge in [0.05, 0.1) is 0 Å². The van der Waals surface area contributed by atoms with Gasteiger partial charge in [0.15, 0.2) is 0 Å². The average Bonchev–Trinajstić information content (AvgIpc) is 4.05. The third-order valence-corrected chi connectivity index (χ3v) is 14.6. The van der Waals surface area contributed by atoms with Crippen molar-refractivity contribution in [2.45, 2.75) is 38.5 Å². The fraction of sp³-hybridized carbons (Fsp3) is 0.111. The molecule has 6 heteroatoms. The minimum Gasteiger partial charge on any atom is -0.477 e. The molecule has 8 aromatic rings. The number of thiophene rings is 2. The Labute approximate surface area is 358 Å². The molecule has 0 bridgehead atoms. The Bertz CT molecular complexity index is 2980. The van der Waals surface area contributed by atoms with E-state index in [9.17, 15) is 9.90 Å². The smallest absolute Gasteiger partial charge is 0.346 e. The molecule has 0 fully saturated rings. The van der Waals surface area contributed by atoms with E-state index in [0.717, 1.165) is 37.9 Å². The normalized spacial score (nSPS) is 14.2. The fourth-order valence-electron chi connectivity index (χ4n) is 9.20. The van der Waals surface area contributed by atoms with E-state index >= 15 is 0 Å². The summed E-state index contributed by atoms with van der Waals surface area (Å²) in [6.45, 7) is 9.37. The molecular formula is C54H40N2O2S2. The molecule has 60 heavy (non-hydrogen) atoms. The molecule has 2 aromatic heterocycles. The first-order valence-electron chi connectivity index (χ1n) is 20.1. The molecule has 0 unspecified atom stereocenters. The van der Waals surface area contributed by atoms with Crippen LogP contribution >= 0.6 is 22.7 Å². The summed E-state index contributed by atoms with van der Waals surface area (Å²) in [7, 11) is 0. The van der Waals surface area contributed by atoms with Crippen molar-refractivity contribution in [3.05, 3.63) is 190 Å². The first kappa shape index (κ1) is 37.5. The summed E-state index contributed by atoms with van der Waals surface area (Å²) < 4.78 is 0. The van der Waals surface area contributed by atoms with E-state index in [1.165, 1.54) is 77.2 Å². The van der Waals surface area contributed by atoms with Gasteiger partial charge in [0, 0.05) is 47.4 Å². The maximum Gasteiger partial charge on any atom is 0.346 e. The zero-order chi connectivity index (χ0) is 41.3. The van der Waals surface area contributed by atoms with Crippen LogP contribution in [0.1, 0.15) is 54.8 Å². The van der Waals surface area contributed by atoms with Crippen LogP contribution in [0.4, 0.5) is 17.1 Å². The van der Waals surface area contributed by atoms with Crippen LogP contribution in [0, 0.1) is 11.3 Å². The zero-order valence-corrected chi connectivity index (χ0v) is 35.3. The van der Waals surface area contributed by atoms with Gasteiger partial charge in [-0.25, -0.2) is 4.79 Å². The Balaban J connectivity index is 0.977. The summed E-state index contributed by atoms with van der Waals surface area (Å²) in [5.41, 5.74) is 16.9. The molecule has 0 radical (unpaired) electrons. The summed E-state index contributed by atoms with van der Waals surface area (Å²) in [5, 5.41) is 18.4. The molecule has 6 aromatic carbocycles. The van der Waals surface area contributed by atoms with Crippen LogP contribution < -0.4 is 4.90 Å². The number of hydrogen-bond acceptors (Lipinski definition) is 5. The Morgan fingerprint density at radius 2 is 0.950 bits per heavy atom. The number of anilines is 3. The van der Waals surface area contributed by atoms with Gasteiger partial charge < -0.3 is 10.0 Å². The van der Waals surface area contributed by atoms with Crippen molar-refractivity contribution in [1.82, 2.24) is 0 Å². The van der Waals surface area contributed by atoms with Crippen LogP contribution in [-0.4, -0.2) is 11.1 Å². The maximum atomic E-state index is 11.3. The first-order valence-corrected chi connectivity index (χ1v) is 21.7. The number of benzene rings is 6. The molecular weight excluding hydrogens is 773 g/mol. The lowest BCUT2D eigenvalue weighted by molar-refractivity contribution is -0.132. The number of aliphatic carboxylic acids is 1. The molecule has 0 atom stereocenters. The second kappa shape index (κ2) is 14.2. The number of nitrogens with zero attached hydrogens (tertiary/aromatic N) is 2. The lowest BCUT2D eigenvalue weighted by Gasteiger charge is -2.30. The van der Waals surface area contributed by atoms with Gasteiger partial charge >= 0.3 is 5.97 Å². The van der Waals surface area contributed by atoms with Crippen molar-refractivity contribution < 1.29 is 9.90 Å². The van der Waals surface area contributed by atoms with Crippen LogP contribution in [0.15, 0.2) is 163 Å². The third-order valence-electron chi connectivity index (χ3n) is 12.4. The zero-order valence-electron chi connectivity index (χ0n) is 33.7. The highest BCUT2D eigenvalue weighted by Gasteiger charge is 2.37. The Kier molecular flexibility index (Phi) is 8.87. The predicted octanol–water partition coefficient (Wildman–Crippen LogP) is 14.9. The van der Waals surface area contributed by atoms with E-state index in [1.54, 1.807) is 17.4 Å². The minimum absolute atomic E-state index is 0.117. The molecule has 0 spiro atoms. The largest absolute Gasteiger partial charge is 0.477 e. The van der Waals surface area contributed by atoms with Crippen LogP contribution in [-0.2, 0) is 15.6 Å². The lowest BCUT2D eigenvalue weighted by atomic mass is 9.82. The van der Waals surface area contributed by atoms with Gasteiger partial charge in [-0.15, -0.1) is 22.7 Å². The van der Waals surface area contributed by atoms with Crippen LogP contribution in [0.5, 0.6) is 0 Å². The number of hydrogen-bond donors (Lipinski definition) is 1. The van der Waals surface area contributed by atoms with Crippen molar-refractivity contribution in [2.75, 3.05) is 4.90 Å². The van der Waals surface area contributed by atoms with E-state index < -0.39 is 5.97 Å². The van der Waals surface area contributed by atoms with Crippen molar-refractivity contribution in [3.63, 3.8) is 0 Å². The minimum atomic E-state index is -1.22. The van der Waals surface area contributed by atoms with Crippen molar-refractivity contribution in [3.8, 4) is 59.6 Å². The molecule has 290 valence electrons. The summed E-state index contributed by atoms with van der Waals surface area (Å²) in [4.78, 5) is 17.8. The van der Waals surface area contributed by atoms with Gasteiger partial charge in [-0.1, -0.05) is 125 Å². The molecule has 0 saturated carbocycles. The van der Waals surface area contributed by atoms with Crippen molar-refractivity contribution in [1.29, 1.82) is 5.26 Å². The summed E-state index contributed by atoms with van der Waals surface area (Å²) in [6, 6.07) is 59.1. The molecule has 2 heterocycles. The molecule has 2 aliphatic carbocycles. The van der Waals surface area contributed by atoms with Crippen LogP contribution in [0.25, 0.3) is 59.7 Å². The second-order valence-corrected chi connectivity index (χ2v) is 18.8. The Hall–Kier alpha value is -6.78. The third kappa shape index (κ3) is 6.13. The molecule has 4 nitrogen and oxygen atoms in total. The highest BCUT2D eigenvalue weighted by Crippen LogP contribution is 2.53. The number of carboxylic acid groups (broad SMARTS) is 1. The van der Waals surface area contributed by atoms with E-state index in [0.29, 0.717) is 0 Å². The molecule has 10 rings (SSSR count). The maximum absolute atomic E-state index is 11.3. The van der Waals surface area contributed by atoms with Gasteiger partial charge in [-0.3, -0.25) is 0 Å². The molecule has 2 aliphatic rings. The highest BCUT2D eigenvalue weighted by molar-refractivity contribution is 7.18. The fourth-order valence-corrected chi connectivity index (χ4v) is 11.2. The van der Waals surface area contributed by atoms with Crippen molar-refractivity contribution in [2.24, 2.45) is 0 Å². The number of carbonyl (C=O) groups is 1. The van der Waals surface area contributed by atoms with Crippen LogP contribution in [0.3, 0.4) is 0 Å². The summed E-state index contributed by atoms with van der Waals surface area (Å²) >= 11 is 3.24. The second-order valence-electron chi connectivity index (χ2n) is 16.6. The summed E-state index contributed by atoms with van der Waals surface area (Å²) in [5.74, 6) is -1.22. The number of carboxylic acids is 1. The summed E-state index contributed by atoms with van der Waals surface area (Å²) in [6.07, 6.45) is 1.42. The predicted molar refractivity (Wildman–Crippen MR) is 250 cm³/mol. The monoisotopic (exact) mass is 812 g/mol. The van der Waals surface area contributed by atoms with Crippen LogP contribution in [0.2, 0.25) is 0 Å². The van der Waals surface area contributed by atoms with Gasteiger partial charge in [0.25, 0.3) is 0 Å². The van der Waals surface area contributed by atoms with Crippen molar-refractivity contribution >= 4 is 51.8 Å². The number of fused-ring (bicyclic) bond motifs is 6. The Morgan fingerprint density at radius 1 is 0.533 bits per heavy atom. The number of nitriles is 1. The number of rotatable bonds is 8. The average molecular weight is 813 g/mol. The molecule has 1 N–H and O–H groups in total. The first-order chi connectivity index (χ1) is 29.0. The van der Waals surface area contributed by atoms with E-state index in [2.05, 4.69) is 178 Å². The van der Waals surface area contributed by atoms with E-state index in [4.69, 9.17) is 5.26 Å².